The van der Waals surface area contributed by atoms with E-state index in [0.29, 0.717) is 22.7 Å². The highest BCUT2D eigenvalue weighted by Crippen LogP contribution is 2.24. The maximum absolute atomic E-state index is 12.8. The lowest BCUT2D eigenvalue weighted by Crippen LogP contribution is -2.19. The van der Waals surface area contributed by atoms with Gasteiger partial charge in [0.15, 0.2) is 11.5 Å². The monoisotopic (exact) mass is 375 g/mol. The van der Waals surface area contributed by atoms with Gasteiger partial charge in [0.25, 0.3) is 5.56 Å². The number of hydrogen-bond acceptors (Lipinski definition) is 5. The van der Waals surface area contributed by atoms with Gasteiger partial charge in [-0.05, 0) is 42.2 Å². The van der Waals surface area contributed by atoms with Crippen molar-refractivity contribution in [1.82, 2.24) is 29.6 Å². The van der Waals surface area contributed by atoms with E-state index in [-0.39, 0.29) is 11.0 Å². The van der Waals surface area contributed by atoms with E-state index in [1.54, 1.807) is 18.3 Å². The van der Waals surface area contributed by atoms with E-state index in [4.69, 9.17) is 0 Å². The Morgan fingerprint density at radius 3 is 2.57 bits per heavy atom. The molecule has 4 aromatic rings. The third kappa shape index (κ3) is 3.24. The molecule has 0 unspecified atom stereocenters. The molecule has 0 fully saturated rings. The number of aromatic amines is 1. The topological polar surface area (TPSA) is 93.2 Å². The summed E-state index contributed by atoms with van der Waals surface area (Å²) in [4.78, 5) is 17.3. The Morgan fingerprint density at radius 1 is 1.11 bits per heavy atom. The summed E-state index contributed by atoms with van der Waals surface area (Å²) in [6.45, 7) is 8.34. The van der Waals surface area contributed by atoms with Crippen LogP contribution in [0.25, 0.3) is 11.5 Å². The predicted molar refractivity (Wildman–Crippen MR) is 108 cm³/mol. The van der Waals surface area contributed by atoms with Gasteiger partial charge in [-0.1, -0.05) is 32.9 Å². The van der Waals surface area contributed by atoms with Crippen LogP contribution in [0.2, 0.25) is 0 Å². The molecule has 0 aliphatic carbocycles. The molecule has 0 radical (unpaired) electrons. The van der Waals surface area contributed by atoms with Crippen molar-refractivity contribution in [2.45, 2.75) is 33.1 Å². The molecule has 3 heterocycles. The van der Waals surface area contributed by atoms with E-state index in [1.165, 1.54) is 21.1 Å². The molecule has 0 aliphatic rings. The van der Waals surface area contributed by atoms with Gasteiger partial charge in [0, 0.05) is 11.9 Å². The molecule has 1 N–H and O–H groups in total. The van der Waals surface area contributed by atoms with Crippen LogP contribution in [0.15, 0.2) is 52.5 Å². The minimum Gasteiger partial charge on any atom is -0.293 e. The predicted octanol–water partition coefficient (Wildman–Crippen LogP) is 2.96. The SMILES string of the molecule is Cc1[nH]n(-c2ccc3nncn3n2)c(=O)c1C=Nc1ccc(C(C)(C)C)cc1. The first kappa shape index (κ1) is 17.8. The first-order valence-electron chi connectivity index (χ1n) is 8.96. The number of hydrogen-bond donors (Lipinski definition) is 1. The molecule has 3 aromatic heterocycles. The zero-order valence-electron chi connectivity index (χ0n) is 16.2. The fraction of sp³-hybridized carbons (Fsp3) is 0.250. The minimum absolute atomic E-state index is 0.0893. The van der Waals surface area contributed by atoms with Crippen LogP contribution >= 0.6 is 0 Å². The number of aromatic nitrogens is 6. The molecule has 28 heavy (non-hydrogen) atoms. The standard InChI is InChI=1S/C20H21N7O/c1-13-16(11-21-15-7-5-14(6-8-15)20(2,3)4)19(28)27(24-13)18-10-9-17-23-22-12-26(17)25-18/h5-12,24H,1-4H3. The average molecular weight is 375 g/mol. The van der Waals surface area contributed by atoms with Crippen molar-refractivity contribution in [1.29, 1.82) is 0 Å². The van der Waals surface area contributed by atoms with Crippen molar-refractivity contribution in [3.05, 3.63) is 69.9 Å². The Kier molecular flexibility index (Phi) is 4.18. The molecule has 0 saturated heterocycles. The molecule has 8 heteroatoms. The Bertz CT molecular complexity index is 1220. The van der Waals surface area contributed by atoms with Gasteiger partial charge in [0.2, 0.25) is 0 Å². The van der Waals surface area contributed by atoms with Gasteiger partial charge in [0.1, 0.15) is 6.33 Å². The Morgan fingerprint density at radius 2 is 1.86 bits per heavy atom. The average Bonchev–Trinajstić information content (AvgIpc) is 3.23. The molecule has 0 amide bonds. The molecule has 0 aliphatic heterocycles. The maximum atomic E-state index is 12.8. The molecular formula is C20H21N7O. The lowest BCUT2D eigenvalue weighted by atomic mass is 9.87. The van der Waals surface area contributed by atoms with Crippen LogP contribution in [0.4, 0.5) is 5.69 Å². The van der Waals surface area contributed by atoms with E-state index < -0.39 is 0 Å². The van der Waals surface area contributed by atoms with E-state index in [0.717, 1.165) is 5.69 Å². The Balaban J connectivity index is 1.66. The van der Waals surface area contributed by atoms with Crippen LogP contribution in [0.3, 0.4) is 0 Å². The number of nitrogens with one attached hydrogen (secondary N) is 1. The smallest absolute Gasteiger partial charge is 0.281 e. The van der Waals surface area contributed by atoms with Crippen molar-refractivity contribution in [3.63, 3.8) is 0 Å². The lowest BCUT2D eigenvalue weighted by Gasteiger charge is -2.18. The molecule has 1 aromatic carbocycles. The second kappa shape index (κ2) is 6.56. The lowest BCUT2D eigenvalue weighted by molar-refractivity contribution is 0.590. The second-order valence-electron chi connectivity index (χ2n) is 7.67. The highest BCUT2D eigenvalue weighted by molar-refractivity contribution is 5.83. The highest BCUT2D eigenvalue weighted by Gasteiger charge is 2.14. The van der Waals surface area contributed by atoms with Gasteiger partial charge >= 0.3 is 0 Å². The number of rotatable bonds is 3. The summed E-state index contributed by atoms with van der Waals surface area (Å²) in [7, 11) is 0. The van der Waals surface area contributed by atoms with Crippen LogP contribution in [-0.4, -0.2) is 35.8 Å². The van der Waals surface area contributed by atoms with Crippen LogP contribution in [0, 0.1) is 6.92 Å². The van der Waals surface area contributed by atoms with E-state index in [9.17, 15) is 4.79 Å². The summed E-state index contributed by atoms with van der Waals surface area (Å²) in [6.07, 6.45) is 3.08. The summed E-state index contributed by atoms with van der Waals surface area (Å²) in [5.41, 5.74) is 3.72. The fourth-order valence-electron chi connectivity index (χ4n) is 2.90. The van der Waals surface area contributed by atoms with Gasteiger partial charge in [0.05, 0.1) is 11.3 Å². The largest absolute Gasteiger partial charge is 0.293 e. The first-order chi connectivity index (χ1) is 13.3. The van der Waals surface area contributed by atoms with Crippen LogP contribution in [0.5, 0.6) is 0 Å². The van der Waals surface area contributed by atoms with Gasteiger partial charge < -0.3 is 0 Å². The molecule has 142 valence electrons. The fourth-order valence-corrected chi connectivity index (χ4v) is 2.90. The van der Waals surface area contributed by atoms with Crippen molar-refractivity contribution in [2.24, 2.45) is 4.99 Å². The van der Waals surface area contributed by atoms with E-state index >= 15 is 0 Å². The van der Waals surface area contributed by atoms with Crippen LogP contribution < -0.4 is 5.56 Å². The van der Waals surface area contributed by atoms with Gasteiger partial charge in [-0.2, -0.15) is 9.20 Å². The van der Waals surface area contributed by atoms with Crippen molar-refractivity contribution in [3.8, 4) is 5.82 Å². The Labute approximate surface area is 161 Å². The number of fused-ring (bicyclic) bond motifs is 1. The van der Waals surface area contributed by atoms with Crippen molar-refractivity contribution >= 4 is 17.5 Å². The summed E-state index contributed by atoms with van der Waals surface area (Å²) in [5, 5.41) is 15.1. The molecule has 0 spiro atoms. The Hall–Kier alpha value is -3.55. The number of nitrogens with zero attached hydrogens (tertiary/aromatic N) is 6. The van der Waals surface area contributed by atoms with Gasteiger partial charge in [-0.15, -0.1) is 15.3 Å². The van der Waals surface area contributed by atoms with Crippen LogP contribution in [-0.2, 0) is 5.41 Å². The van der Waals surface area contributed by atoms with Gasteiger partial charge in [-0.3, -0.25) is 14.9 Å². The zero-order chi connectivity index (χ0) is 19.9. The molecule has 8 nitrogen and oxygen atoms in total. The van der Waals surface area contributed by atoms with Crippen molar-refractivity contribution in [2.75, 3.05) is 0 Å². The van der Waals surface area contributed by atoms with Crippen molar-refractivity contribution < 1.29 is 0 Å². The van der Waals surface area contributed by atoms with E-state index in [2.05, 4.69) is 58.3 Å². The summed E-state index contributed by atoms with van der Waals surface area (Å²) >= 11 is 0. The molecule has 0 bridgehead atoms. The van der Waals surface area contributed by atoms with Crippen LogP contribution in [0.1, 0.15) is 37.6 Å². The first-order valence-corrected chi connectivity index (χ1v) is 8.96. The summed E-state index contributed by atoms with van der Waals surface area (Å²) in [5.74, 6) is 0.453. The second-order valence-corrected chi connectivity index (χ2v) is 7.67. The van der Waals surface area contributed by atoms with Gasteiger partial charge in [-0.25, -0.2) is 0 Å². The number of aliphatic imine (C=N–C) groups is 1. The normalized spacial score (nSPS) is 12.3. The molecule has 4 rings (SSSR count). The summed E-state index contributed by atoms with van der Waals surface area (Å²) < 4.78 is 2.90. The van der Waals surface area contributed by atoms with E-state index in [1.807, 2.05) is 19.1 Å². The quantitative estimate of drug-likeness (QED) is 0.557. The maximum Gasteiger partial charge on any atom is 0.281 e. The molecule has 0 saturated carbocycles. The summed E-state index contributed by atoms with van der Waals surface area (Å²) in [6, 6.07) is 11.5. The number of H-pyrrole nitrogens is 1. The molecule has 0 atom stereocenters. The third-order valence-corrected chi connectivity index (χ3v) is 4.57. The number of benzene rings is 1. The third-order valence-electron chi connectivity index (χ3n) is 4.57. The molecular weight excluding hydrogens is 354 g/mol. The minimum atomic E-state index is -0.215. The number of aryl methyl sites for hydroxylation is 1. The highest BCUT2D eigenvalue weighted by atomic mass is 16.1. The zero-order valence-corrected chi connectivity index (χ0v) is 16.2.